The lowest BCUT2D eigenvalue weighted by Gasteiger charge is -2.24. The Bertz CT molecular complexity index is 1030. The molecule has 0 spiro atoms. The molecule has 8 nitrogen and oxygen atoms in total. The fourth-order valence-electron chi connectivity index (χ4n) is 4.40. The van der Waals surface area contributed by atoms with Crippen LogP contribution in [0.3, 0.4) is 0 Å². The summed E-state index contributed by atoms with van der Waals surface area (Å²) < 4.78 is 18.2. The summed E-state index contributed by atoms with van der Waals surface area (Å²) in [6.45, 7) is 2.16. The van der Waals surface area contributed by atoms with Crippen LogP contribution >= 0.6 is 11.3 Å². The first-order valence-electron chi connectivity index (χ1n) is 11.5. The van der Waals surface area contributed by atoms with Gasteiger partial charge >= 0.3 is 5.97 Å². The highest BCUT2D eigenvalue weighted by Gasteiger charge is 2.28. The first-order chi connectivity index (χ1) is 16.1. The van der Waals surface area contributed by atoms with E-state index in [0.29, 0.717) is 51.2 Å². The molecular formula is C24H30N2O6S. The summed E-state index contributed by atoms with van der Waals surface area (Å²) in [4.78, 5) is 41.4. The van der Waals surface area contributed by atoms with E-state index in [9.17, 15) is 14.4 Å². The molecule has 0 N–H and O–H groups in total. The molecule has 0 aliphatic carbocycles. The van der Waals surface area contributed by atoms with E-state index < -0.39 is 5.97 Å². The van der Waals surface area contributed by atoms with Crippen LogP contribution in [-0.2, 0) is 33.7 Å². The Balaban J connectivity index is 1.51. The van der Waals surface area contributed by atoms with Gasteiger partial charge in [-0.1, -0.05) is 6.07 Å². The molecule has 0 saturated carbocycles. The monoisotopic (exact) mass is 474 g/mol. The van der Waals surface area contributed by atoms with Crippen LogP contribution in [0.5, 0.6) is 5.75 Å². The number of carbonyl (C=O) groups is 2. The zero-order valence-electron chi connectivity index (χ0n) is 18.9. The lowest BCUT2D eigenvalue weighted by molar-refractivity contribution is -0.131. The van der Waals surface area contributed by atoms with Crippen LogP contribution in [0.1, 0.15) is 46.6 Å². The normalized spacial score (nSPS) is 18.3. The van der Waals surface area contributed by atoms with Crippen LogP contribution in [0.2, 0.25) is 0 Å². The smallest absolute Gasteiger partial charge is 0.343 e. The molecule has 1 amide bonds. The number of fused-ring (bicyclic) bond motifs is 1. The summed E-state index contributed by atoms with van der Waals surface area (Å²) in [5.74, 6) is -0.268. The van der Waals surface area contributed by atoms with Gasteiger partial charge in [0, 0.05) is 55.7 Å². The fourth-order valence-corrected chi connectivity index (χ4v) is 5.11. The molecule has 2 aromatic heterocycles. The van der Waals surface area contributed by atoms with Gasteiger partial charge < -0.3 is 23.7 Å². The lowest BCUT2D eigenvalue weighted by atomic mass is 10.1. The highest BCUT2D eigenvalue weighted by atomic mass is 32.1. The van der Waals surface area contributed by atoms with Crippen molar-refractivity contribution >= 4 is 23.2 Å². The summed E-state index contributed by atoms with van der Waals surface area (Å²) in [6, 6.07) is 5.36. The quantitative estimate of drug-likeness (QED) is 0.574. The summed E-state index contributed by atoms with van der Waals surface area (Å²) >= 11 is 1.64. The first kappa shape index (κ1) is 23.5. The number of methoxy groups -OCH3 is 1. The number of thiophene rings is 1. The molecule has 178 valence electrons. The molecular weight excluding hydrogens is 444 g/mol. The number of aromatic nitrogens is 1. The van der Waals surface area contributed by atoms with E-state index in [2.05, 4.69) is 0 Å². The van der Waals surface area contributed by atoms with E-state index in [4.69, 9.17) is 14.2 Å². The molecule has 0 aromatic carbocycles. The highest BCUT2D eigenvalue weighted by molar-refractivity contribution is 7.09. The molecule has 1 atom stereocenters. The Labute approximate surface area is 197 Å². The average Bonchev–Trinajstić information content (AvgIpc) is 3.26. The van der Waals surface area contributed by atoms with Gasteiger partial charge in [-0.25, -0.2) is 4.79 Å². The predicted molar refractivity (Wildman–Crippen MR) is 124 cm³/mol. The number of amides is 1. The standard InChI is InChI=1S/C24H30N2O6S/c1-30-24(29)23-19-9-10-25(21(27)8-7-18-6-4-14-33-18)11-12-26(19)22(28)15-20(23)32-16-17-5-2-3-13-31-17/h4,6,14-15,17H,2-3,5,7-13,16H2,1H3/t17-/m0/s1. The van der Waals surface area contributed by atoms with Crippen LogP contribution < -0.4 is 10.3 Å². The van der Waals surface area contributed by atoms with Gasteiger partial charge in [-0.3, -0.25) is 9.59 Å². The molecule has 0 bridgehead atoms. The summed E-state index contributed by atoms with van der Waals surface area (Å²) in [5, 5.41) is 2.00. The maximum Gasteiger partial charge on any atom is 0.343 e. The van der Waals surface area contributed by atoms with Crippen molar-refractivity contribution in [1.82, 2.24) is 9.47 Å². The van der Waals surface area contributed by atoms with E-state index >= 15 is 0 Å². The second-order valence-corrected chi connectivity index (χ2v) is 9.35. The largest absolute Gasteiger partial charge is 0.490 e. The molecule has 1 saturated heterocycles. The van der Waals surface area contributed by atoms with E-state index in [1.807, 2.05) is 17.5 Å². The van der Waals surface area contributed by atoms with Crippen molar-refractivity contribution in [1.29, 1.82) is 0 Å². The zero-order chi connectivity index (χ0) is 23.2. The Hall–Kier alpha value is -2.65. The van der Waals surface area contributed by atoms with Gasteiger partial charge in [0.05, 0.1) is 13.2 Å². The SMILES string of the molecule is COC(=O)c1c(OC[C@@H]2CCCCO2)cc(=O)n2c1CCN(C(=O)CCc1cccs1)CC2. The number of pyridine rings is 1. The number of hydrogen-bond donors (Lipinski definition) is 0. The number of nitrogens with zero attached hydrogens (tertiary/aromatic N) is 2. The number of carbonyl (C=O) groups excluding carboxylic acids is 2. The molecule has 9 heteroatoms. The van der Waals surface area contributed by atoms with E-state index in [0.717, 1.165) is 19.3 Å². The number of aryl methyl sites for hydroxylation is 1. The minimum Gasteiger partial charge on any atom is -0.490 e. The summed E-state index contributed by atoms with van der Waals surface area (Å²) in [7, 11) is 1.32. The number of esters is 1. The topological polar surface area (TPSA) is 87.1 Å². The third-order valence-electron chi connectivity index (χ3n) is 6.20. The van der Waals surface area contributed by atoms with Gasteiger partial charge in [-0.2, -0.15) is 0 Å². The second kappa shape index (κ2) is 11.0. The first-order valence-corrected chi connectivity index (χ1v) is 12.3. The Morgan fingerprint density at radius 3 is 2.85 bits per heavy atom. The van der Waals surface area contributed by atoms with Crippen molar-refractivity contribution in [3.05, 3.63) is 50.1 Å². The number of rotatable bonds is 7. The third kappa shape index (κ3) is 5.65. The number of ether oxygens (including phenoxy) is 3. The third-order valence-corrected chi connectivity index (χ3v) is 7.14. The molecule has 0 radical (unpaired) electrons. The maximum absolute atomic E-state index is 12.9. The van der Waals surface area contributed by atoms with Crippen molar-refractivity contribution in [3.63, 3.8) is 0 Å². The van der Waals surface area contributed by atoms with Gasteiger partial charge in [0.2, 0.25) is 5.91 Å². The Kier molecular flexibility index (Phi) is 7.82. The van der Waals surface area contributed by atoms with Gasteiger partial charge in [-0.05, 0) is 37.1 Å². The van der Waals surface area contributed by atoms with Crippen LogP contribution in [0.25, 0.3) is 0 Å². The molecule has 4 heterocycles. The minimum absolute atomic E-state index is 0.0507. The van der Waals surface area contributed by atoms with Crippen LogP contribution in [-0.4, -0.2) is 60.9 Å². The van der Waals surface area contributed by atoms with E-state index in [1.54, 1.807) is 20.8 Å². The van der Waals surface area contributed by atoms with Gasteiger partial charge in [-0.15, -0.1) is 11.3 Å². The molecule has 2 aliphatic rings. The van der Waals surface area contributed by atoms with E-state index in [1.165, 1.54) is 18.1 Å². The average molecular weight is 475 g/mol. The lowest BCUT2D eigenvalue weighted by Crippen LogP contribution is -2.34. The maximum atomic E-state index is 12.9. The van der Waals surface area contributed by atoms with Crippen LogP contribution in [0.4, 0.5) is 0 Å². The molecule has 2 aromatic rings. The molecule has 1 fully saturated rings. The molecule has 33 heavy (non-hydrogen) atoms. The number of hydrogen-bond acceptors (Lipinski definition) is 7. The zero-order valence-corrected chi connectivity index (χ0v) is 19.7. The van der Waals surface area contributed by atoms with Crippen molar-refractivity contribution in [2.75, 3.05) is 33.4 Å². The van der Waals surface area contributed by atoms with Crippen molar-refractivity contribution in [2.24, 2.45) is 0 Å². The molecule has 2 aliphatic heterocycles. The summed E-state index contributed by atoms with van der Waals surface area (Å²) in [5.41, 5.74) is 0.577. The predicted octanol–water partition coefficient (Wildman–Crippen LogP) is 2.66. The van der Waals surface area contributed by atoms with E-state index in [-0.39, 0.29) is 35.5 Å². The fraction of sp³-hybridized carbons (Fsp3) is 0.542. The molecule has 0 unspecified atom stereocenters. The van der Waals surface area contributed by atoms with Crippen LogP contribution in [0.15, 0.2) is 28.4 Å². The highest BCUT2D eigenvalue weighted by Crippen LogP contribution is 2.25. The molecule has 4 rings (SSSR count). The Morgan fingerprint density at radius 1 is 1.24 bits per heavy atom. The van der Waals surface area contributed by atoms with Crippen molar-refractivity contribution < 1.29 is 23.8 Å². The van der Waals surface area contributed by atoms with Crippen molar-refractivity contribution in [2.45, 2.75) is 51.2 Å². The van der Waals surface area contributed by atoms with Gasteiger partial charge in [0.15, 0.2) is 0 Å². The second-order valence-electron chi connectivity index (χ2n) is 8.32. The van der Waals surface area contributed by atoms with Gasteiger partial charge in [0.25, 0.3) is 5.56 Å². The summed E-state index contributed by atoms with van der Waals surface area (Å²) in [6.07, 6.45) is 4.44. The van der Waals surface area contributed by atoms with Crippen LogP contribution in [0, 0.1) is 0 Å². The Morgan fingerprint density at radius 2 is 2.12 bits per heavy atom. The minimum atomic E-state index is -0.546. The van der Waals surface area contributed by atoms with Crippen molar-refractivity contribution in [3.8, 4) is 5.75 Å². The van der Waals surface area contributed by atoms with Gasteiger partial charge in [0.1, 0.15) is 17.9 Å².